The van der Waals surface area contributed by atoms with Gasteiger partial charge in [0.1, 0.15) is 12.2 Å². The molecule has 0 saturated carbocycles. The van der Waals surface area contributed by atoms with Gasteiger partial charge in [-0.2, -0.15) is 0 Å². The van der Waals surface area contributed by atoms with Gasteiger partial charge in [-0.15, -0.1) is 0 Å². The molecule has 0 bridgehead atoms. The quantitative estimate of drug-likeness (QED) is 0.930. The van der Waals surface area contributed by atoms with Gasteiger partial charge < -0.3 is 19.5 Å². The van der Waals surface area contributed by atoms with Gasteiger partial charge in [-0.3, -0.25) is 0 Å². The maximum atomic E-state index is 12.2. The number of hydrogen-bond donors (Lipinski definition) is 1. The van der Waals surface area contributed by atoms with E-state index < -0.39 is 17.1 Å². The highest BCUT2D eigenvalue weighted by atomic mass is 16.6. The number of carbonyl (C=O) groups excluding carboxylic acids is 1. The summed E-state index contributed by atoms with van der Waals surface area (Å²) in [6.07, 6.45) is -0.400. The Balaban J connectivity index is 2.12. The predicted octanol–water partition coefficient (Wildman–Crippen LogP) is 2.70. The van der Waals surface area contributed by atoms with E-state index in [1.54, 1.807) is 4.90 Å². The first-order chi connectivity index (χ1) is 10.7. The van der Waals surface area contributed by atoms with Gasteiger partial charge in [0.05, 0.1) is 13.2 Å². The topological polar surface area (TPSA) is 59.0 Å². The molecule has 1 heterocycles. The molecule has 1 N–H and O–H groups in total. The minimum atomic E-state index is -1.25. The van der Waals surface area contributed by atoms with Crippen molar-refractivity contribution in [2.45, 2.75) is 33.3 Å². The second-order valence-corrected chi connectivity index (χ2v) is 7.13. The fourth-order valence-electron chi connectivity index (χ4n) is 2.57. The molecule has 0 radical (unpaired) electrons. The average molecular weight is 321 g/mol. The molecule has 1 aliphatic heterocycles. The Morgan fingerprint density at radius 3 is 2.30 bits per heavy atom. The first-order valence-electron chi connectivity index (χ1n) is 8.03. The van der Waals surface area contributed by atoms with Gasteiger partial charge in [0.25, 0.3) is 0 Å². The van der Waals surface area contributed by atoms with Crippen molar-refractivity contribution in [3.8, 4) is 0 Å². The lowest BCUT2D eigenvalue weighted by atomic mass is 9.72. The third kappa shape index (κ3) is 4.03. The fraction of sp³-hybridized carbons (Fsp3) is 0.611. The minimum absolute atomic E-state index is 0.0737. The normalized spacial score (nSPS) is 18.4. The van der Waals surface area contributed by atoms with Crippen molar-refractivity contribution >= 4 is 6.09 Å². The van der Waals surface area contributed by atoms with Crippen molar-refractivity contribution in [2.75, 3.05) is 32.9 Å². The summed E-state index contributed by atoms with van der Waals surface area (Å²) in [7, 11) is 0. The fourth-order valence-corrected chi connectivity index (χ4v) is 2.57. The van der Waals surface area contributed by atoms with Gasteiger partial charge in [0.2, 0.25) is 0 Å². The van der Waals surface area contributed by atoms with E-state index in [1.165, 1.54) is 0 Å². The van der Waals surface area contributed by atoms with Crippen molar-refractivity contribution in [2.24, 2.45) is 5.41 Å². The van der Waals surface area contributed by atoms with Gasteiger partial charge in [-0.25, -0.2) is 4.79 Å². The van der Waals surface area contributed by atoms with Crippen LogP contribution >= 0.6 is 0 Å². The van der Waals surface area contributed by atoms with Crippen LogP contribution in [0.5, 0.6) is 0 Å². The maximum absolute atomic E-state index is 12.2. The first-order valence-corrected chi connectivity index (χ1v) is 8.03. The Labute approximate surface area is 138 Å². The molecule has 1 aromatic carbocycles. The molecule has 1 fully saturated rings. The molecule has 1 aliphatic rings. The minimum Gasteiger partial charge on any atom is -0.446 e. The number of hydrogen-bond acceptors (Lipinski definition) is 4. The smallest absolute Gasteiger partial charge is 0.410 e. The molecular formula is C18H27NO4. The van der Waals surface area contributed by atoms with Crippen molar-refractivity contribution in [1.29, 1.82) is 0 Å². The molecule has 0 aromatic heterocycles. The summed E-state index contributed by atoms with van der Waals surface area (Å²) in [4.78, 5) is 13.8. The zero-order valence-corrected chi connectivity index (χ0v) is 14.5. The van der Waals surface area contributed by atoms with Crippen LogP contribution in [-0.2, 0) is 15.1 Å². The molecule has 23 heavy (non-hydrogen) atoms. The van der Waals surface area contributed by atoms with Gasteiger partial charge in [0.15, 0.2) is 0 Å². The molecule has 2 rings (SSSR count). The second kappa shape index (κ2) is 6.89. The van der Waals surface area contributed by atoms with Gasteiger partial charge in [-0.1, -0.05) is 50.6 Å². The molecule has 1 unspecified atom stereocenters. The van der Waals surface area contributed by atoms with E-state index in [1.807, 2.05) is 52.0 Å². The number of morpholine rings is 1. The number of carbonyl (C=O) groups is 1. The molecule has 1 aromatic rings. The van der Waals surface area contributed by atoms with Crippen LogP contribution in [0.1, 0.15) is 31.9 Å². The van der Waals surface area contributed by atoms with Crippen LogP contribution < -0.4 is 0 Å². The van der Waals surface area contributed by atoms with E-state index in [-0.39, 0.29) is 6.61 Å². The van der Waals surface area contributed by atoms with Crippen LogP contribution in [0.2, 0.25) is 0 Å². The molecule has 128 valence electrons. The molecule has 0 aliphatic carbocycles. The Bertz CT molecular complexity index is 529. The SMILES string of the molecule is Cc1ccc(C(O)(COC(=O)N2CCOCC2)C(C)(C)C)cc1. The van der Waals surface area contributed by atoms with Gasteiger partial charge >= 0.3 is 6.09 Å². The number of amides is 1. The third-order valence-corrected chi connectivity index (χ3v) is 4.44. The largest absolute Gasteiger partial charge is 0.446 e. The van der Waals surface area contributed by atoms with Gasteiger partial charge in [-0.05, 0) is 17.9 Å². The lowest BCUT2D eigenvalue weighted by molar-refractivity contribution is -0.108. The summed E-state index contributed by atoms with van der Waals surface area (Å²) < 4.78 is 10.7. The number of rotatable bonds is 3. The molecule has 5 nitrogen and oxygen atoms in total. The van der Waals surface area contributed by atoms with E-state index in [0.717, 1.165) is 11.1 Å². The average Bonchev–Trinajstić information content (AvgIpc) is 2.52. The zero-order chi connectivity index (χ0) is 17.1. The number of benzene rings is 1. The van der Waals surface area contributed by atoms with Crippen molar-refractivity contribution < 1.29 is 19.4 Å². The van der Waals surface area contributed by atoms with Crippen molar-refractivity contribution in [3.63, 3.8) is 0 Å². The summed E-state index contributed by atoms with van der Waals surface area (Å²) in [5.74, 6) is 0. The van der Waals surface area contributed by atoms with Crippen LogP contribution in [0.4, 0.5) is 4.79 Å². The number of aryl methyl sites for hydroxylation is 1. The third-order valence-electron chi connectivity index (χ3n) is 4.44. The number of ether oxygens (including phenoxy) is 2. The van der Waals surface area contributed by atoms with Crippen molar-refractivity contribution in [3.05, 3.63) is 35.4 Å². The summed E-state index contributed by atoms with van der Waals surface area (Å²) in [5, 5.41) is 11.2. The predicted molar refractivity (Wildman–Crippen MR) is 88.3 cm³/mol. The van der Waals surface area contributed by atoms with E-state index in [0.29, 0.717) is 26.3 Å². The van der Waals surface area contributed by atoms with E-state index in [9.17, 15) is 9.90 Å². The number of nitrogens with zero attached hydrogens (tertiary/aromatic N) is 1. The van der Waals surface area contributed by atoms with Crippen LogP contribution in [0.3, 0.4) is 0 Å². The standard InChI is InChI=1S/C18H27NO4/c1-14-5-7-15(8-6-14)18(21,17(2,3)4)13-23-16(20)19-9-11-22-12-10-19/h5-8,21H,9-13H2,1-4H3. The lowest BCUT2D eigenvalue weighted by Crippen LogP contribution is -2.47. The van der Waals surface area contributed by atoms with Crippen LogP contribution in [-0.4, -0.2) is 49.0 Å². The summed E-state index contributed by atoms with van der Waals surface area (Å²) in [6, 6.07) is 7.69. The van der Waals surface area contributed by atoms with Crippen molar-refractivity contribution in [1.82, 2.24) is 4.90 Å². The zero-order valence-electron chi connectivity index (χ0n) is 14.5. The molecular weight excluding hydrogens is 294 g/mol. The molecule has 1 amide bonds. The molecule has 0 spiro atoms. The molecule has 1 atom stereocenters. The Hall–Kier alpha value is -1.59. The summed E-state index contributed by atoms with van der Waals surface area (Å²) in [6.45, 7) is 9.84. The molecule has 5 heteroatoms. The molecule has 1 saturated heterocycles. The van der Waals surface area contributed by atoms with Crippen LogP contribution in [0.25, 0.3) is 0 Å². The Morgan fingerprint density at radius 1 is 1.22 bits per heavy atom. The van der Waals surface area contributed by atoms with E-state index >= 15 is 0 Å². The summed E-state index contributed by atoms with van der Waals surface area (Å²) in [5.41, 5.74) is 0.150. The van der Waals surface area contributed by atoms with Crippen LogP contribution in [0, 0.1) is 12.3 Å². The highest BCUT2D eigenvalue weighted by Gasteiger charge is 2.43. The monoisotopic (exact) mass is 321 g/mol. The maximum Gasteiger partial charge on any atom is 0.410 e. The Kier molecular flexibility index (Phi) is 5.32. The number of aliphatic hydroxyl groups is 1. The highest BCUT2D eigenvalue weighted by molar-refractivity contribution is 5.67. The van der Waals surface area contributed by atoms with E-state index in [4.69, 9.17) is 9.47 Å². The van der Waals surface area contributed by atoms with Crippen LogP contribution in [0.15, 0.2) is 24.3 Å². The lowest BCUT2D eigenvalue weighted by Gasteiger charge is -2.40. The second-order valence-electron chi connectivity index (χ2n) is 7.13. The van der Waals surface area contributed by atoms with E-state index in [2.05, 4.69) is 0 Å². The van der Waals surface area contributed by atoms with Gasteiger partial charge in [0, 0.05) is 13.1 Å². The first kappa shape index (κ1) is 17.8. The summed E-state index contributed by atoms with van der Waals surface area (Å²) >= 11 is 0. The highest BCUT2D eigenvalue weighted by Crippen LogP contribution is 2.39. The Morgan fingerprint density at radius 2 is 1.78 bits per heavy atom.